The molecule has 2 heterocycles. The Balaban J connectivity index is 2.40. The van der Waals surface area contributed by atoms with Crippen molar-refractivity contribution in [3.8, 4) is 0 Å². The van der Waals surface area contributed by atoms with Gasteiger partial charge in [0.05, 0.1) is 10.4 Å². The maximum absolute atomic E-state index is 6.03. The third kappa shape index (κ3) is 3.10. The average molecular weight is 281 g/mol. The van der Waals surface area contributed by atoms with E-state index in [0.717, 1.165) is 22.3 Å². The quantitative estimate of drug-likeness (QED) is 0.912. The molecule has 0 aliphatic heterocycles. The van der Waals surface area contributed by atoms with Crippen LogP contribution in [-0.2, 0) is 0 Å². The number of hydrogen-bond donors (Lipinski definition) is 1. The Labute approximate surface area is 117 Å². The van der Waals surface area contributed by atoms with Gasteiger partial charge in [-0.2, -0.15) is 0 Å². The molecule has 1 unspecified atom stereocenters. The van der Waals surface area contributed by atoms with Gasteiger partial charge in [-0.05, 0) is 50.2 Å². The zero-order valence-electron chi connectivity index (χ0n) is 10.8. The third-order valence-electron chi connectivity index (χ3n) is 2.72. The summed E-state index contributed by atoms with van der Waals surface area (Å²) >= 11 is 7.66. The minimum atomic E-state index is 0.202. The second kappa shape index (κ2) is 5.83. The molecule has 18 heavy (non-hydrogen) atoms. The van der Waals surface area contributed by atoms with Gasteiger partial charge in [0.2, 0.25) is 0 Å². The van der Waals surface area contributed by atoms with Crippen LogP contribution in [0.15, 0.2) is 24.3 Å². The SMILES string of the molecule is CCNC(c1cc(C)nc(C)c1)c1ccc(Cl)s1. The standard InChI is InChI=1S/C14H17ClN2S/c1-4-16-14(12-5-6-13(15)18-12)11-7-9(2)17-10(3)8-11/h5-8,14,16H,4H2,1-3H3. The van der Waals surface area contributed by atoms with Gasteiger partial charge in [-0.25, -0.2) is 0 Å². The van der Waals surface area contributed by atoms with Crippen molar-refractivity contribution < 1.29 is 0 Å². The third-order valence-corrected chi connectivity index (χ3v) is 4.02. The topological polar surface area (TPSA) is 24.9 Å². The lowest BCUT2D eigenvalue weighted by Crippen LogP contribution is -2.21. The van der Waals surface area contributed by atoms with E-state index < -0.39 is 0 Å². The van der Waals surface area contributed by atoms with Gasteiger partial charge in [0.25, 0.3) is 0 Å². The van der Waals surface area contributed by atoms with E-state index in [4.69, 9.17) is 11.6 Å². The Morgan fingerprint density at radius 1 is 1.28 bits per heavy atom. The number of rotatable bonds is 4. The van der Waals surface area contributed by atoms with E-state index in [1.165, 1.54) is 10.4 Å². The van der Waals surface area contributed by atoms with Crippen LogP contribution in [0.1, 0.15) is 34.8 Å². The van der Waals surface area contributed by atoms with E-state index in [1.54, 1.807) is 11.3 Å². The van der Waals surface area contributed by atoms with Crippen LogP contribution in [0.5, 0.6) is 0 Å². The molecule has 2 nitrogen and oxygen atoms in total. The van der Waals surface area contributed by atoms with Crippen LogP contribution in [0.3, 0.4) is 0 Å². The number of nitrogens with zero attached hydrogens (tertiary/aromatic N) is 1. The fourth-order valence-electron chi connectivity index (χ4n) is 2.10. The van der Waals surface area contributed by atoms with Crippen LogP contribution in [0.2, 0.25) is 4.34 Å². The molecular formula is C14H17ClN2S. The van der Waals surface area contributed by atoms with Gasteiger partial charge in [0, 0.05) is 16.3 Å². The Hall–Kier alpha value is -0.900. The molecule has 2 aromatic heterocycles. The predicted molar refractivity (Wildman–Crippen MR) is 78.6 cm³/mol. The van der Waals surface area contributed by atoms with Crippen LogP contribution >= 0.6 is 22.9 Å². The second-order valence-electron chi connectivity index (χ2n) is 4.32. The fourth-order valence-corrected chi connectivity index (χ4v) is 3.27. The maximum Gasteiger partial charge on any atom is 0.0931 e. The van der Waals surface area contributed by atoms with Crippen molar-refractivity contribution in [2.75, 3.05) is 6.54 Å². The lowest BCUT2D eigenvalue weighted by Gasteiger charge is -2.17. The van der Waals surface area contributed by atoms with Crippen molar-refractivity contribution in [3.05, 3.63) is 50.4 Å². The molecule has 0 saturated heterocycles. The van der Waals surface area contributed by atoms with Crippen molar-refractivity contribution in [1.82, 2.24) is 10.3 Å². The lowest BCUT2D eigenvalue weighted by atomic mass is 10.0. The number of aryl methyl sites for hydroxylation is 2. The Morgan fingerprint density at radius 3 is 2.44 bits per heavy atom. The lowest BCUT2D eigenvalue weighted by molar-refractivity contribution is 0.637. The van der Waals surface area contributed by atoms with Gasteiger partial charge in [0.1, 0.15) is 0 Å². The number of halogens is 1. The second-order valence-corrected chi connectivity index (χ2v) is 6.06. The smallest absolute Gasteiger partial charge is 0.0931 e. The maximum atomic E-state index is 6.03. The average Bonchev–Trinajstić information content (AvgIpc) is 2.71. The highest BCUT2D eigenvalue weighted by atomic mass is 35.5. The van der Waals surface area contributed by atoms with Crippen LogP contribution in [0, 0.1) is 13.8 Å². The van der Waals surface area contributed by atoms with Gasteiger partial charge >= 0.3 is 0 Å². The molecule has 96 valence electrons. The van der Waals surface area contributed by atoms with E-state index >= 15 is 0 Å². The molecule has 1 atom stereocenters. The molecule has 0 aliphatic carbocycles. The van der Waals surface area contributed by atoms with Gasteiger partial charge in [-0.1, -0.05) is 18.5 Å². The van der Waals surface area contributed by atoms with E-state index in [2.05, 4.69) is 35.4 Å². The summed E-state index contributed by atoms with van der Waals surface area (Å²) in [6.07, 6.45) is 0. The van der Waals surface area contributed by atoms with Gasteiger partial charge < -0.3 is 5.32 Å². The number of nitrogens with one attached hydrogen (secondary N) is 1. The summed E-state index contributed by atoms with van der Waals surface area (Å²) in [5.41, 5.74) is 3.35. The van der Waals surface area contributed by atoms with Crippen LogP contribution in [0.4, 0.5) is 0 Å². The first-order chi connectivity index (χ1) is 8.60. The molecule has 0 bridgehead atoms. The first kappa shape index (κ1) is 13.5. The zero-order chi connectivity index (χ0) is 13.1. The minimum Gasteiger partial charge on any atom is -0.306 e. The molecule has 0 saturated carbocycles. The molecule has 0 fully saturated rings. The first-order valence-electron chi connectivity index (χ1n) is 6.04. The Bertz CT molecular complexity index is 516. The minimum absolute atomic E-state index is 0.202. The summed E-state index contributed by atoms with van der Waals surface area (Å²) in [6, 6.07) is 8.51. The van der Waals surface area contributed by atoms with Crippen LogP contribution < -0.4 is 5.32 Å². The summed E-state index contributed by atoms with van der Waals surface area (Å²) in [4.78, 5) is 5.67. The van der Waals surface area contributed by atoms with Crippen molar-refractivity contribution in [1.29, 1.82) is 0 Å². The normalized spacial score (nSPS) is 12.7. The summed E-state index contributed by atoms with van der Waals surface area (Å²) in [6.45, 7) is 7.09. The van der Waals surface area contributed by atoms with Crippen molar-refractivity contribution in [3.63, 3.8) is 0 Å². The molecule has 0 amide bonds. The van der Waals surface area contributed by atoms with Crippen molar-refractivity contribution in [2.24, 2.45) is 0 Å². The molecule has 0 radical (unpaired) electrons. The fraction of sp³-hybridized carbons (Fsp3) is 0.357. The molecule has 0 spiro atoms. The van der Waals surface area contributed by atoms with E-state index in [9.17, 15) is 0 Å². The van der Waals surface area contributed by atoms with Crippen molar-refractivity contribution >= 4 is 22.9 Å². The predicted octanol–water partition coefficient (Wildman–Crippen LogP) is 4.11. The zero-order valence-corrected chi connectivity index (χ0v) is 12.4. The Morgan fingerprint density at radius 2 is 1.94 bits per heavy atom. The van der Waals surface area contributed by atoms with E-state index in [-0.39, 0.29) is 6.04 Å². The van der Waals surface area contributed by atoms with E-state index in [1.807, 2.05) is 19.9 Å². The van der Waals surface area contributed by atoms with Gasteiger partial charge in [0.15, 0.2) is 0 Å². The molecule has 0 aliphatic rings. The molecule has 0 aromatic carbocycles. The van der Waals surface area contributed by atoms with Crippen molar-refractivity contribution in [2.45, 2.75) is 26.8 Å². The molecule has 2 aromatic rings. The molecular weight excluding hydrogens is 264 g/mol. The number of thiophene rings is 1. The first-order valence-corrected chi connectivity index (χ1v) is 7.23. The number of aromatic nitrogens is 1. The highest BCUT2D eigenvalue weighted by molar-refractivity contribution is 7.16. The molecule has 1 N–H and O–H groups in total. The van der Waals surface area contributed by atoms with Gasteiger partial charge in [-0.3, -0.25) is 4.98 Å². The molecule has 4 heteroatoms. The summed E-state index contributed by atoms with van der Waals surface area (Å²) in [7, 11) is 0. The number of pyridine rings is 1. The van der Waals surface area contributed by atoms with Crippen LogP contribution in [0.25, 0.3) is 0 Å². The highest BCUT2D eigenvalue weighted by Crippen LogP contribution is 2.31. The monoisotopic (exact) mass is 280 g/mol. The van der Waals surface area contributed by atoms with Gasteiger partial charge in [-0.15, -0.1) is 11.3 Å². The van der Waals surface area contributed by atoms with E-state index in [0.29, 0.717) is 0 Å². The summed E-state index contributed by atoms with van der Waals surface area (Å²) < 4.78 is 0.829. The highest BCUT2D eigenvalue weighted by Gasteiger charge is 2.15. The Kier molecular flexibility index (Phi) is 4.38. The van der Waals surface area contributed by atoms with Crippen LogP contribution in [-0.4, -0.2) is 11.5 Å². The summed E-state index contributed by atoms with van der Waals surface area (Å²) in [5, 5.41) is 3.51. The summed E-state index contributed by atoms with van der Waals surface area (Å²) in [5.74, 6) is 0. The molecule has 2 rings (SSSR count). The number of hydrogen-bond acceptors (Lipinski definition) is 3. The largest absolute Gasteiger partial charge is 0.306 e.